The second-order valence-electron chi connectivity index (χ2n) is 7.60. The molecule has 1 amide bonds. The van der Waals surface area contributed by atoms with Gasteiger partial charge in [-0.15, -0.1) is 0 Å². The molecular formula is C24H22ClN3O3S. The highest BCUT2D eigenvalue weighted by molar-refractivity contribution is 7.89. The first kappa shape index (κ1) is 22.1. The molecule has 0 spiro atoms. The van der Waals surface area contributed by atoms with Gasteiger partial charge in [-0.2, -0.15) is 0 Å². The molecule has 0 saturated heterocycles. The number of rotatable bonds is 6. The molecule has 8 heteroatoms. The molecule has 3 aromatic carbocycles. The lowest BCUT2D eigenvalue weighted by Crippen LogP contribution is -2.30. The number of aromatic nitrogens is 1. The molecule has 164 valence electrons. The minimum atomic E-state index is -3.92. The van der Waals surface area contributed by atoms with Crippen molar-refractivity contribution in [3.63, 3.8) is 0 Å². The zero-order valence-corrected chi connectivity index (χ0v) is 18.9. The Morgan fingerprint density at radius 2 is 1.78 bits per heavy atom. The number of para-hydroxylation sites is 1. The number of primary sulfonamides is 1. The Kier molecular flexibility index (Phi) is 6.06. The standard InChI is InChI=1S/C24H22ClN3O3S/c1-15-10-11-16(32(26,30)31)12-19(15)24(29)28-14-20(17-6-2-4-8-22(17)25)21-13-27-23-9-5-3-7-18(21)23/h2-13,20,27H,14H2,1H3,(H,28,29)(H2,26,30,31). The van der Waals surface area contributed by atoms with Gasteiger partial charge < -0.3 is 10.3 Å². The van der Waals surface area contributed by atoms with Crippen LogP contribution in [0, 0.1) is 6.92 Å². The number of nitrogens with one attached hydrogen (secondary N) is 2. The van der Waals surface area contributed by atoms with Gasteiger partial charge in [-0.25, -0.2) is 13.6 Å². The van der Waals surface area contributed by atoms with E-state index in [-0.39, 0.29) is 28.8 Å². The number of nitrogens with two attached hydrogens (primary N) is 1. The Bertz CT molecular complexity index is 1410. The molecule has 1 atom stereocenters. The highest BCUT2D eigenvalue weighted by Gasteiger charge is 2.22. The van der Waals surface area contributed by atoms with Crippen molar-refractivity contribution >= 4 is 38.4 Å². The molecule has 1 unspecified atom stereocenters. The fourth-order valence-corrected chi connectivity index (χ4v) is 4.65. The molecule has 1 heterocycles. The molecule has 4 N–H and O–H groups in total. The van der Waals surface area contributed by atoms with Crippen molar-refractivity contribution in [2.75, 3.05) is 6.54 Å². The number of halogens is 1. The van der Waals surface area contributed by atoms with Gasteiger partial charge in [-0.3, -0.25) is 4.79 Å². The Hall–Kier alpha value is -3.13. The quantitative estimate of drug-likeness (QED) is 0.392. The van der Waals surface area contributed by atoms with E-state index in [1.54, 1.807) is 13.0 Å². The molecule has 4 rings (SSSR count). The average Bonchev–Trinajstić information content (AvgIpc) is 3.18. The summed E-state index contributed by atoms with van der Waals surface area (Å²) in [7, 11) is -3.92. The van der Waals surface area contributed by atoms with Crippen LogP contribution in [-0.4, -0.2) is 25.9 Å². The molecule has 0 aliphatic rings. The van der Waals surface area contributed by atoms with E-state index in [0.717, 1.165) is 22.0 Å². The number of H-pyrrole nitrogens is 1. The molecular weight excluding hydrogens is 446 g/mol. The summed E-state index contributed by atoms with van der Waals surface area (Å²) in [4.78, 5) is 16.2. The van der Waals surface area contributed by atoms with E-state index in [9.17, 15) is 13.2 Å². The van der Waals surface area contributed by atoms with E-state index in [1.165, 1.54) is 12.1 Å². The van der Waals surface area contributed by atoms with Gasteiger partial charge in [0.25, 0.3) is 5.91 Å². The molecule has 0 radical (unpaired) electrons. The largest absolute Gasteiger partial charge is 0.361 e. The summed E-state index contributed by atoms with van der Waals surface area (Å²) in [6.45, 7) is 2.01. The third-order valence-corrected chi connectivity index (χ3v) is 6.78. The van der Waals surface area contributed by atoms with Gasteiger partial charge in [-0.1, -0.05) is 54.1 Å². The number of aryl methyl sites for hydroxylation is 1. The van der Waals surface area contributed by atoms with Gasteiger partial charge in [0.1, 0.15) is 0 Å². The summed E-state index contributed by atoms with van der Waals surface area (Å²) in [5.74, 6) is -0.601. The number of fused-ring (bicyclic) bond motifs is 1. The molecule has 1 aromatic heterocycles. The molecule has 6 nitrogen and oxygen atoms in total. The van der Waals surface area contributed by atoms with Gasteiger partial charge in [0.05, 0.1) is 4.90 Å². The van der Waals surface area contributed by atoms with E-state index in [2.05, 4.69) is 10.3 Å². The zero-order chi connectivity index (χ0) is 22.9. The monoisotopic (exact) mass is 467 g/mol. The van der Waals surface area contributed by atoms with E-state index >= 15 is 0 Å². The van der Waals surface area contributed by atoms with Crippen molar-refractivity contribution in [2.45, 2.75) is 17.7 Å². The van der Waals surface area contributed by atoms with Crippen LogP contribution in [0.1, 0.15) is 33.0 Å². The highest BCUT2D eigenvalue weighted by atomic mass is 35.5. The van der Waals surface area contributed by atoms with Crippen molar-refractivity contribution < 1.29 is 13.2 Å². The van der Waals surface area contributed by atoms with Crippen molar-refractivity contribution in [3.05, 3.63) is 100 Å². The van der Waals surface area contributed by atoms with Gasteiger partial charge in [0.15, 0.2) is 0 Å². The van der Waals surface area contributed by atoms with E-state index in [1.807, 2.05) is 54.7 Å². The topological polar surface area (TPSA) is 105 Å². The number of sulfonamides is 1. The predicted molar refractivity (Wildman–Crippen MR) is 126 cm³/mol. The highest BCUT2D eigenvalue weighted by Crippen LogP contribution is 2.34. The van der Waals surface area contributed by atoms with Crippen molar-refractivity contribution in [1.82, 2.24) is 10.3 Å². The summed E-state index contributed by atoms with van der Waals surface area (Å²) >= 11 is 6.51. The number of benzene rings is 3. The lowest BCUT2D eigenvalue weighted by molar-refractivity contribution is 0.0951. The van der Waals surface area contributed by atoms with E-state index in [4.69, 9.17) is 16.7 Å². The van der Waals surface area contributed by atoms with Gasteiger partial charge in [0.2, 0.25) is 10.0 Å². The lowest BCUT2D eigenvalue weighted by Gasteiger charge is -2.20. The third kappa shape index (κ3) is 4.41. The molecule has 0 aliphatic heterocycles. The van der Waals surface area contributed by atoms with Crippen molar-refractivity contribution in [1.29, 1.82) is 0 Å². The van der Waals surface area contributed by atoms with Gasteiger partial charge >= 0.3 is 0 Å². The average molecular weight is 468 g/mol. The van der Waals surface area contributed by atoms with E-state index in [0.29, 0.717) is 10.6 Å². The van der Waals surface area contributed by atoms with Crippen LogP contribution in [0.2, 0.25) is 5.02 Å². The molecule has 32 heavy (non-hydrogen) atoms. The predicted octanol–water partition coefficient (Wildman–Crippen LogP) is 4.34. The number of hydrogen-bond donors (Lipinski definition) is 3. The molecule has 0 fully saturated rings. The number of amides is 1. The maximum absolute atomic E-state index is 13.0. The van der Waals surface area contributed by atoms with Crippen molar-refractivity contribution in [2.24, 2.45) is 5.14 Å². The number of hydrogen-bond acceptors (Lipinski definition) is 3. The fourth-order valence-electron chi connectivity index (χ4n) is 3.84. The van der Waals surface area contributed by atoms with Crippen LogP contribution in [0.5, 0.6) is 0 Å². The zero-order valence-electron chi connectivity index (χ0n) is 17.3. The maximum atomic E-state index is 13.0. The molecule has 4 aromatic rings. The SMILES string of the molecule is Cc1ccc(S(N)(=O)=O)cc1C(=O)NCC(c1ccccc1Cl)c1c[nH]c2ccccc12. The summed E-state index contributed by atoms with van der Waals surface area (Å²) in [5, 5.41) is 9.82. The number of carbonyl (C=O) groups is 1. The summed E-state index contributed by atoms with van der Waals surface area (Å²) in [5.41, 5.74) is 3.78. The summed E-state index contributed by atoms with van der Waals surface area (Å²) in [6, 6.07) is 19.7. The van der Waals surface area contributed by atoms with Crippen LogP contribution in [-0.2, 0) is 10.0 Å². The number of aromatic amines is 1. The van der Waals surface area contributed by atoms with Gasteiger partial charge in [0, 0.05) is 40.1 Å². The Labute approximate surface area is 191 Å². The molecule has 0 bridgehead atoms. The van der Waals surface area contributed by atoms with Crippen molar-refractivity contribution in [3.8, 4) is 0 Å². The summed E-state index contributed by atoms with van der Waals surface area (Å²) in [6.07, 6.45) is 1.93. The summed E-state index contributed by atoms with van der Waals surface area (Å²) < 4.78 is 23.4. The van der Waals surface area contributed by atoms with Crippen LogP contribution in [0.3, 0.4) is 0 Å². The van der Waals surface area contributed by atoms with Gasteiger partial charge in [-0.05, 0) is 47.9 Å². The smallest absolute Gasteiger partial charge is 0.251 e. The number of carbonyl (C=O) groups excluding carboxylic acids is 1. The Balaban J connectivity index is 1.69. The van der Waals surface area contributed by atoms with Crippen LogP contribution >= 0.6 is 11.6 Å². The minimum absolute atomic E-state index is 0.104. The second kappa shape index (κ2) is 8.78. The first-order valence-electron chi connectivity index (χ1n) is 9.98. The van der Waals surface area contributed by atoms with Crippen LogP contribution in [0.4, 0.5) is 0 Å². The fraction of sp³-hybridized carbons (Fsp3) is 0.125. The van der Waals surface area contributed by atoms with Crippen LogP contribution in [0.25, 0.3) is 10.9 Å². The van der Waals surface area contributed by atoms with Crippen LogP contribution in [0.15, 0.2) is 77.8 Å². The molecule has 0 aliphatic carbocycles. The first-order valence-corrected chi connectivity index (χ1v) is 11.9. The Morgan fingerprint density at radius 3 is 2.53 bits per heavy atom. The molecule has 0 saturated carbocycles. The minimum Gasteiger partial charge on any atom is -0.361 e. The first-order chi connectivity index (χ1) is 15.3. The maximum Gasteiger partial charge on any atom is 0.251 e. The van der Waals surface area contributed by atoms with Crippen LogP contribution < -0.4 is 10.5 Å². The third-order valence-electron chi connectivity index (χ3n) is 5.53. The van der Waals surface area contributed by atoms with E-state index < -0.39 is 10.0 Å². The second-order valence-corrected chi connectivity index (χ2v) is 9.56. The normalized spacial score (nSPS) is 12.6. The lowest BCUT2D eigenvalue weighted by atomic mass is 9.90. The Morgan fingerprint density at radius 1 is 1.06 bits per heavy atom.